The zero-order valence-corrected chi connectivity index (χ0v) is 11.5. The highest BCUT2D eigenvalue weighted by Crippen LogP contribution is 2.22. The molecule has 5 nitrogen and oxygen atoms in total. The van der Waals surface area contributed by atoms with Crippen molar-refractivity contribution in [1.29, 1.82) is 0 Å². The normalized spacial score (nSPS) is 19.7. The van der Waals surface area contributed by atoms with Crippen LogP contribution in [0.3, 0.4) is 0 Å². The maximum atomic E-state index is 4.42. The molecule has 3 heterocycles. The summed E-state index contributed by atoms with van der Waals surface area (Å²) in [5.74, 6) is 3.58. The Morgan fingerprint density at radius 1 is 1.21 bits per heavy atom. The van der Waals surface area contributed by atoms with Crippen LogP contribution in [0.1, 0.15) is 25.6 Å². The number of anilines is 1. The van der Waals surface area contributed by atoms with Gasteiger partial charge in [-0.05, 0) is 25.7 Å². The van der Waals surface area contributed by atoms with E-state index in [9.17, 15) is 0 Å². The highest BCUT2D eigenvalue weighted by atomic mass is 15.2. The zero-order valence-electron chi connectivity index (χ0n) is 11.5. The Balaban J connectivity index is 1.90. The fourth-order valence-electron chi connectivity index (χ4n) is 2.66. The van der Waals surface area contributed by atoms with E-state index in [0.717, 1.165) is 36.5 Å². The molecule has 1 saturated heterocycles. The molecule has 5 heteroatoms. The van der Waals surface area contributed by atoms with Gasteiger partial charge in [-0.3, -0.25) is 4.57 Å². The molecule has 0 N–H and O–H groups in total. The summed E-state index contributed by atoms with van der Waals surface area (Å²) in [5.41, 5.74) is 0. The third-order valence-corrected chi connectivity index (χ3v) is 3.69. The predicted molar refractivity (Wildman–Crippen MR) is 74.5 cm³/mol. The molecule has 0 amide bonds. The lowest BCUT2D eigenvalue weighted by molar-refractivity contribution is 0.444. The molecule has 1 unspecified atom stereocenters. The first-order valence-electron chi connectivity index (χ1n) is 6.81. The average molecular weight is 257 g/mol. The van der Waals surface area contributed by atoms with E-state index >= 15 is 0 Å². The van der Waals surface area contributed by atoms with Gasteiger partial charge in [0.2, 0.25) is 0 Å². The molecule has 0 spiro atoms. The minimum Gasteiger partial charge on any atom is -0.356 e. The van der Waals surface area contributed by atoms with E-state index in [1.165, 1.54) is 12.8 Å². The number of imidazole rings is 1. The molecule has 1 atom stereocenters. The van der Waals surface area contributed by atoms with Crippen LogP contribution in [0.4, 0.5) is 5.82 Å². The van der Waals surface area contributed by atoms with Gasteiger partial charge in [-0.2, -0.15) is 0 Å². The number of rotatable bonds is 2. The molecule has 1 aliphatic heterocycles. The molecule has 1 aliphatic rings. The Morgan fingerprint density at radius 3 is 2.79 bits per heavy atom. The summed E-state index contributed by atoms with van der Waals surface area (Å²) in [4.78, 5) is 15.3. The standard InChI is InChI=1S/C14H19N5/c1-11-4-3-6-18(9-11)13-8-14(17-10-16-13)19-7-5-15-12(19)2/h5,7-8,10-11H,3-4,6,9H2,1-2H3. The summed E-state index contributed by atoms with van der Waals surface area (Å²) in [7, 11) is 0. The summed E-state index contributed by atoms with van der Waals surface area (Å²) in [6.45, 7) is 6.45. The van der Waals surface area contributed by atoms with Crippen molar-refractivity contribution in [2.75, 3.05) is 18.0 Å². The van der Waals surface area contributed by atoms with Crippen LogP contribution in [0, 0.1) is 12.8 Å². The van der Waals surface area contributed by atoms with Gasteiger partial charge in [0.05, 0.1) is 0 Å². The van der Waals surface area contributed by atoms with Crippen LogP contribution in [0.25, 0.3) is 5.82 Å². The highest BCUT2D eigenvalue weighted by Gasteiger charge is 2.18. The Kier molecular flexibility index (Phi) is 3.19. The van der Waals surface area contributed by atoms with Crippen LogP contribution in [0.15, 0.2) is 24.8 Å². The van der Waals surface area contributed by atoms with Gasteiger partial charge in [0.25, 0.3) is 0 Å². The lowest BCUT2D eigenvalue weighted by Crippen LogP contribution is -2.34. The maximum absolute atomic E-state index is 4.42. The van der Waals surface area contributed by atoms with Gasteiger partial charge >= 0.3 is 0 Å². The van der Waals surface area contributed by atoms with Gasteiger partial charge in [0.1, 0.15) is 23.8 Å². The van der Waals surface area contributed by atoms with Gasteiger partial charge in [-0.1, -0.05) is 6.92 Å². The van der Waals surface area contributed by atoms with Crippen molar-refractivity contribution >= 4 is 5.82 Å². The largest absolute Gasteiger partial charge is 0.356 e. The molecule has 0 bridgehead atoms. The first-order chi connectivity index (χ1) is 9.24. The molecule has 1 fully saturated rings. The Hall–Kier alpha value is -1.91. The molecular weight excluding hydrogens is 238 g/mol. The quantitative estimate of drug-likeness (QED) is 0.827. The third kappa shape index (κ3) is 2.45. The maximum Gasteiger partial charge on any atom is 0.143 e. The Morgan fingerprint density at radius 2 is 2.05 bits per heavy atom. The number of hydrogen-bond acceptors (Lipinski definition) is 4. The SMILES string of the molecule is Cc1nccn1-c1cc(N2CCCC(C)C2)ncn1. The Bertz CT molecular complexity index is 562. The molecule has 0 saturated carbocycles. The number of aryl methyl sites for hydroxylation is 1. The number of hydrogen-bond donors (Lipinski definition) is 0. The predicted octanol–water partition coefficient (Wildman–Crippen LogP) is 2.21. The van der Waals surface area contributed by atoms with Gasteiger partial charge in [0, 0.05) is 31.5 Å². The molecule has 0 aromatic carbocycles. The van der Waals surface area contributed by atoms with E-state index in [1.807, 2.05) is 23.8 Å². The summed E-state index contributed by atoms with van der Waals surface area (Å²) < 4.78 is 1.98. The molecule has 19 heavy (non-hydrogen) atoms. The van der Waals surface area contributed by atoms with E-state index < -0.39 is 0 Å². The van der Waals surface area contributed by atoms with Crippen LogP contribution in [-0.2, 0) is 0 Å². The lowest BCUT2D eigenvalue weighted by atomic mass is 10.0. The molecule has 3 rings (SSSR count). The van der Waals surface area contributed by atoms with Crippen molar-refractivity contribution in [3.63, 3.8) is 0 Å². The fraction of sp³-hybridized carbons (Fsp3) is 0.500. The van der Waals surface area contributed by atoms with Gasteiger partial charge in [-0.15, -0.1) is 0 Å². The van der Waals surface area contributed by atoms with Crippen LogP contribution in [0.2, 0.25) is 0 Å². The number of nitrogens with zero attached hydrogens (tertiary/aromatic N) is 5. The van der Waals surface area contributed by atoms with Crippen molar-refractivity contribution in [2.45, 2.75) is 26.7 Å². The van der Waals surface area contributed by atoms with Crippen molar-refractivity contribution in [3.8, 4) is 5.82 Å². The van der Waals surface area contributed by atoms with E-state index in [0.29, 0.717) is 0 Å². The van der Waals surface area contributed by atoms with E-state index in [4.69, 9.17) is 0 Å². The minimum absolute atomic E-state index is 0.738. The van der Waals surface area contributed by atoms with E-state index in [1.54, 1.807) is 12.5 Å². The summed E-state index contributed by atoms with van der Waals surface area (Å²) in [6.07, 6.45) is 7.92. The third-order valence-electron chi connectivity index (χ3n) is 3.69. The van der Waals surface area contributed by atoms with Crippen molar-refractivity contribution < 1.29 is 0 Å². The van der Waals surface area contributed by atoms with Gasteiger partial charge < -0.3 is 4.90 Å². The average Bonchev–Trinajstić information content (AvgIpc) is 2.85. The van der Waals surface area contributed by atoms with Crippen LogP contribution in [-0.4, -0.2) is 32.6 Å². The first kappa shape index (κ1) is 12.1. The second-order valence-corrected chi connectivity index (χ2v) is 5.27. The van der Waals surface area contributed by atoms with Gasteiger partial charge in [-0.25, -0.2) is 15.0 Å². The topological polar surface area (TPSA) is 46.8 Å². The molecule has 0 aliphatic carbocycles. The lowest BCUT2D eigenvalue weighted by Gasteiger charge is -2.31. The van der Waals surface area contributed by atoms with Crippen molar-refractivity contribution in [1.82, 2.24) is 19.5 Å². The molecule has 2 aromatic heterocycles. The summed E-state index contributed by atoms with van der Waals surface area (Å²) in [5, 5.41) is 0. The summed E-state index contributed by atoms with van der Waals surface area (Å²) >= 11 is 0. The minimum atomic E-state index is 0.738. The van der Waals surface area contributed by atoms with E-state index in [2.05, 4.69) is 26.8 Å². The zero-order chi connectivity index (χ0) is 13.2. The second kappa shape index (κ2) is 4.99. The van der Waals surface area contributed by atoms with Gasteiger partial charge in [0.15, 0.2) is 0 Å². The monoisotopic (exact) mass is 257 g/mol. The smallest absolute Gasteiger partial charge is 0.143 e. The molecule has 2 aromatic rings. The molecule has 100 valence electrons. The first-order valence-corrected chi connectivity index (χ1v) is 6.81. The van der Waals surface area contributed by atoms with Crippen LogP contribution in [0.5, 0.6) is 0 Å². The molecule has 0 radical (unpaired) electrons. The highest BCUT2D eigenvalue weighted by molar-refractivity contribution is 5.44. The molecular formula is C14H19N5. The van der Waals surface area contributed by atoms with Crippen molar-refractivity contribution in [3.05, 3.63) is 30.6 Å². The fourth-order valence-corrected chi connectivity index (χ4v) is 2.66. The second-order valence-electron chi connectivity index (χ2n) is 5.27. The Labute approximate surface area is 113 Å². The number of aromatic nitrogens is 4. The number of piperidine rings is 1. The summed E-state index contributed by atoms with van der Waals surface area (Å²) in [6, 6.07) is 2.05. The van der Waals surface area contributed by atoms with E-state index in [-0.39, 0.29) is 0 Å². The van der Waals surface area contributed by atoms with Crippen LogP contribution < -0.4 is 4.90 Å². The van der Waals surface area contributed by atoms with Crippen molar-refractivity contribution in [2.24, 2.45) is 5.92 Å². The van der Waals surface area contributed by atoms with Crippen LogP contribution >= 0.6 is 0 Å².